The zero-order valence-corrected chi connectivity index (χ0v) is 7.66. The highest BCUT2D eigenvalue weighted by atomic mass is 35.5. The molecule has 2 nitrogen and oxygen atoms in total. The van der Waals surface area contributed by atoms with Gasteiger partial charge >= 0.3 is 0 Å². The number of aliphatic hydroxyl groups excluding tert-OH is 1. The van der Waals surface area contributed by atoms with Crippen LogP contribution >= 0.6 is 11.6 Å². The molecule has 13 heavy (non-hydrogen) atoms. The van der Waals surface area contributed by atoms with Gasteiger partial charge in [0.2, 0.25) is 0 Å². The van der Waals surface area contributed by atoms with Crippen molar-refractivity contribution in [2.45, 2.75) is 6.10 Å². The molecule has 68 valence electrons. The van der Waals surface area contributed by atoms with Crippen molar-refractivity contribution in [2.24, 2.45) is 0 Å². The lowest BCUT2D eigenvalue weighted by molar-refractivity contribution is 0.151. The molecule has 0 aliphatic rings. The highest BCUT2D eigenvalue weighted by Crippen LogP contribution is 2.16. The van der Waals surface area contributed by atoms with Gasteiger partial charge in [-0.25, -0.2) is 0 Å². The number of halogens is 1. The predicted molar refractivity (Wildman–Crippen MR) is 51.8 cm³/mol. The molecule has 1 aromatic carbocycles. The second kappa shape index (κ2) is 4.76. The standard InChI is InChI=1S/C10H9ClO2/c1-2-9(12)7-13-10-5-3-4-8(11)6-10/h1,3-6,9,12H,7H2. The van der Waals surface area contributed by atoms with E-state index >= 15 is 0 Å². The maximum Gasteiger partial charge on any atom is 0.148 e. The van der Waals surface area contributed by atoms with Crippen molar-refractivity contribution in [3.63, 3.8) is 0 Å². The van der Waals surface area contributed by atoms with Crippen molar-refractivity contribution in [3.05, 3.63) is 29.3 Å². The van der Waals surface area contributed by atoms with Gasteiger partial charge in [-0.1, -0.05) is 23.6 Å². The topological polar surface area (TPSA) is 29.5 Å². The first-order valence-corrected chi connectivity index (χ1v) is 4.12. The van der Waals surface area contributed by atoms with Crippen LogP contribution in [0.2, 0.25) is 5.02 Å². The summed E-state index contributed by atoms with van der Waals surface area (Å²) >= 11 is 5.71. The van der Waals surface area contributed by atoms with Crippen LogP contribution in [0.25, 0.3) is 0 Å². The van der Waals surface area contributed by atoms with E-state index < -0.39 is 6.10 Å². The van der Waals surface area contributed by atoms with Crippen LogP contribution in [0.5, 0.6) is 5.75 Å². The maximum absolute atomic E-state index is 8.99. The molecule has 0 aliphatic carbocycles. The first kappa shape index (κ1) is 9.91. The van der Waals surface area contributed by atoms with E-state index in [4.69, 9.17) is 27.9 Å². The third-order valence-electron chi connectivity index (χ3n) is 1.40. The van der Waals surface area contributed by atoms with Gasteiger partial charge in [0.1, 0.15) is 18.5 Å². The van der Waals surface area contributed by atoms with Gasteiger partial charge in [0.25, 0.3) is 0 Å². The molecule has 1 aromatic rings. The summed E-state index contributed by atoms with van der Waals surface area (Å²) in [6.07, 6.45) is 4.08. The molecule has 0 heterocycles. The van der Waals surface area contributed by atoms with E-state index in [-0.39, 0.29) is 6.61 Å². The van der Waals surface area contributed by atoms with E-state index in [9.17, 15) is 0 Å². The molecule has 3 heteroatoms. The Hall–Kier alpha value is -1.17. The average Bonchev–Trinajstić information content (AvgIpc) is 2.14. The average molecular weight is 197 g/mol. The molecule has 0 aliphatic heterocycles. The molecule has 1 atom stereocenters. The second-order valence-corrected chi connectivity index (χ2v) is 2.89. The van der Waals surface area contributed by atoms with Gasteiger partial charge in [0.15, 0.2) is 0 Å². The van der Waals surface area contributed by atoms with Gasteiger partial charge in [-0.15, -0.1) is 6.42 Å². The highest BCUT2D eigenvalue weighted by molar-refractivity contribution is 6.30. The Morgan fingerprint density at radius 3 is 3.00 bits per heavy atom. The van der Waals surface area contributed by atoms with E-state index in [0.717, 1.165) is 0 Å². The zero-order chi connectivity index (χ0) is 9.68. The molecule has 0 spiro atoms. The molecule has 0 radical (unpaired) electrons. The van der Waals surface area contributed by atoms with Crippen molar-refractivity contribution in [2.75, 3.05) is 6.61 Å². The molecule has 0 amide bonds. The van der Waals surface area contributed by atoms with Crippen LogP contribution in [-0.2, 0) is 0 Å². The number of hydrogen-bond donors (Lipinski definition) is 1. The fourth-order valence-electron chi connectivity index (χ4n) is 0.780. The molecule has 0 saturated heterocycles. The predicted octanol–water partition coefficient (Wildman–Crippen LogP) is 1.71. The number of aliphatic hydroxyl groups is 1. The Bertz CT molecular complexity index is 317. The van der Waals surface area contributed by atoms with Crippen LogP contribution in [0.1, 0.15) is 0 Å². The SMILES string of the molecule is C#CC(O)COc1cccc(Cl)c1. The number of ether oxygens (including phenoxy) is 1. The highest BCUT2D eigenvalue weighted by Gasteiger charge is 2.00. The van der Waals surface area contributed by atoms with Crippen LogP contribution in [-0.4, -0.2) is 17.8 Å². The van der Waals surface area contributed by atoms with Crippen molar-refractivity contribution in [3.8, 4) is 18.1 Å². The molecule has 0 bridgehead atoms. The van der Waals surface area contributed by atoms with Crippen LogP contribution in [0.4, 0.5) is 0 Å². The first-order valence-electron chi connectivity index (χ1n) is 3.75. The van der Waals surface area contributed by atoms with Crippen LogP contribution in [0.3, 0.4) is 0 Å². The van der Waals surface area contributed by atoms with Crippen molar-refractivity contribution in [1.82, 2.24) is 0 Å². The van der Waals surface area contributed by atoms with Gasteiger partial charge in [-0.3, -0.25) is 0 Å². The summed E-state index contributed by atoms with van der Waals surface area (Å²) in [5.41, 5.74) is 0. The lowest BCUT2D eigenvalue weighted by Gasteiger charge is -2.07. The van der Waals surface area contributed by atoms with E-state index in [1.165, 1.54) is 0 Å². The minimum Gasteiger partial charge on any atom is -0.490 e. The minimum absolute atomic E-state index is 0.0802. The van der Waals surface area contributed by atoms with Gasteiger partial charge in [-0.2, -0.15) is 0 Å². The number of benzene rings is 1. The normalized spacial score (nSPS) is 11.8. The Kier molecular flexibility index (Phi) is 3.63. The lowest BCUT2D eigenvalue weighted by atomic mass is 10.3. The molecule has 0 fully saturated rings. The van der Waals surface area contributed by atoms with Crippen molar-refractivity contribution in [1.29, 1.82) is 0 Å². The van der Waals surface area contributed by atoms with Gasteiger partial charge in [0.05, 0.1) is 0 Å². The fraction of sp³-hybridized carbons (Fsp3) is 0.200. The molecular formula is C10H9ClO2. The summed E-state index contributed by atoms with van der Waals surface area (Å²) < 4.78 is 5.16. The summed E-state index contributed by atoms with van der Waals surface area (Å²) in [5, 5.41) is 9.58. The Morgan fingerprint density at radius 1 is 1.62 bits per heavy atom. The molecule has 1 unspecified atom stereocenters. The minimum atomic E-state index is -0.876. The fourth-order valence-corrected chi connectivity index (χ4v) is 0.960. The molecule has 1 N–H and O–H groups in total. The monoisotopic (exact) mass is 196 g/mol. The summed E-state index contributed by atoms with van der Waals surface area (Å²) in [5.74, 6) is 2.75. The third kappa shape index (κ3) is 3.37. The van der Waals surface area contributed by atoms with Crippen molar-refractivity contribution < 1.29 is 9.84 Å². The number of rotatable bonds is 3. The summed E-state index contributed by atoms with van der Waals surface area (Å²) in [7, 11) is 0. The molecule has 0 saturated carbocycles. The van der Waals surface area contributed by atoms with Crippen LogP contribution < -0.4 is 4.74 Å². The van der Waals surface area contributed by atoms with E-state index in [0.29, 0.717) is 10.8 Å². The van der Waals surface area contributed by atoms with Gasteiger partial charge in [0, 0.05) is 5.02 Å². The Morgan fingerprint density at radius 2 is 2.38 bits per heavy atom. The summed E-state index contributed by atoms with van der Waals surface area (Å²) in [6.45, 7) is 0.0802. The first-order chi connectivity index (χ1) is 6.22. The van der Waals surface area contributed by atoms with Crippen molar-refractivity contribution >= 4 is 11.6 Å². The lowest BCUT2D eigenvalue weighted by Crippen LogP contribution is -2.14. The van der Waals surface area contributed by atoms with E-state index in [1.807, 2.05) is 0 Å². The Labute approximate surface area is 82.1 Å². The van der Waals surface area contributed by atoms with Crippen LogP contribution in [0, 0.1) is 12.3 Å². The van der Waals surface area contributed by atoms with E-state index in [2.05, 4.69) is 5.92 Å². The Balaban J connectivity index is 2.51. The number of hydrogen-bond acceptors (Lipinski definition) is 2. The largest absolute Gasteiger partial charge is 0.490 e. The van der Waals surface area contributed by atoms with Crippen LogP contribution in [0.15, 0.2) is 24.3 Å². The molecule has 1 rings (SSSR count). The van der Waals surface area contributed by atoms with Gasteiger partial charge < -0.3 is 9.84 Å². The number of terminal acetylenes is 1. The summed E-state index contributed by atoms with van der Waals surface area (Å²) in [4.78, 5) is 0. The molecular weight excluding hydrogens is 188 g/mol. The second-order valence-electron chi connectivity index (χ2n) is 2.45. The molecule has 0 aromatic heterocycles. The van der Waals surface area contributed by atoms with Gasteiger partial charge in [-0.05, 0) is 18.2 Å². The quantitative estimate of drug-likeness (QED) is 0.746. The zero-order valence-electron chi connectivity index (χ0n) is 6.90. The van der Waals surface area contributed by atoms with E-state index in [1.54, 1.807) is 24.3 Å². The maximum atomic E-state index is 8.99. The smallest absolute Gasteiger partial charge is 0.148 e. The third-order valence-corrected chi connectivity index (χ3v) is 1.63. The summed E-state index contributed by atoms with van der Waals surface area (Å²) in [6, 6.07) is 6.91.